The molecule has 0 saturated carbocycles. The minimum atomic E-state index is -0.949. The lowest BCUT2D eigenvalue weighted by Crippen LogP contribution is -2.35. The third kappa shape index (κ3) is 3.25. The Morgan fingerprint density at radius 3 is 2.74 bits per heavy atom. The van der Waals surface area contributed by atoms with E-state index in [9.17, 15) is 19.3 Å². The molecule has 0 fully saturated rings. The van der Waals surface area contributed by atoms with Crippen molar-refractivity contribution in [3.8, 4) is 6.07 Å². The first-order chi connectivity index (χ1) is 8.88. The van der Waals surface area contributed by atoms with Crippen LogP contribution in [-0.2, 0) is 0 Å². The predicted molar refractivity (Wildman–Crippen MR) is 64.8 cm³/mol. The van der Waals surface area contributed by atoms with E-state index in [1.807, 2.05) is 6.07 Å². The molecule has 0 aromatic heterocycles. The molecule has 0 saturated heterocycles. The molecule has 0 bridgehead atoms. The first-order valence-electron chi connectivity index (χ1n) is 5.46. The van der Waals surface area contributed by atoms with Crippen molar-refractivity contribution in [2.24, 2.45) is 0 Å². The molecule has 0 N–H and O–H groups in total. The van der Waals surface area contributed by atoms with Crippen molar-refractivity contribution >= 4 is 11.6 Å². The summed E-state index contributed by atoms with van der Waals surface area (Å²) in [5.74, 6) is -1.56. The van der Waals surface area contributed by atoms with Gasteiger partial charge in [-0.15, -0.1) is 0 Å². The van der Waals surface area contributed by atoms with Crippen molar-refractivity contribution in [2.45, 2.75) is 19.4 Å². The topological polar surface area (TPSA) is 87.2 Å². The predicted octanol–water partition coefficient (Wildman–Crippen LogP) is 2.11. The highest BCUT2D eigenvalue weighted by Gasteiger charge is 2.22. The van der Waals surface area contributed by atoms with Crippen LogP contribution in [0.15, 0.2) is 18.2 Å². The van der Waals surface area contributed by atoms with Crippen LogP contribution in [0.2, 0.25) is 0 Å². The summed E-state index contributed by atoms with van der Waals surface area (Å²) in [4.78, 5) is 22.9. The highest BCUT2D eigenvalue weighted by Crippen LogP contribution is 2.18. The number of nitro benzene ring substituents is 1. The monoisotopic (exact) mass is 265 g/mol. The normalized spacial score (nSPS) is 11.5. The lowest BCUT2D eigenvalue weighted by Gasteiger charge is -2.23. The van der Waals surface area contributed by atoms with E-state index in [1.165, 1.54) is 11.9 Å². The summed E-state index contributed by atoms with van der Waals surface area (Å²) >= 11 is 0. The third-order valence-corrected chi connectivity index (χ3v) is 2.76. The number of amides is 1. The van der Waals surface area contributed by atoms with E-state index in [-0.39, 0.29) is 18.0 Å². The molecule has 1 amide bonds. The fraction of sp³-hybridized carbons (Fsp3) is 0.333. The van der Waals surface area contributed by atoms with Gasteiger partial charge in [-0.1, -0.05) is 0 Å². The van der Waals surface area contributed by atoms with Gasteiger partial charge in [0.2, 0.25) is 0 Å². The number of nitrogens with zero attached hydrogens (tertiary/aromatic N) is 3. The smallest absolute Gasteiger partial charge is 0.272 e. The van der Waals surface area contributed by atoms with Crippen molar-refractivity contribution in [3.05, 3.63) is 39.7 Å². The molecule has 1 aromatic carbocycles. The molecule has 1 atom stereocenters. The first kappa shape index (κ1) is 14.6. The SMILES string of the molecule is CC(CC#N)N(C)C(=O)c1ccc([N+](=O)[O-])cc1F. The van der Waals surface area contributed by atoms with Gasteiger partial charge >= 0.3 is 0 Å². The molecule has 7 heteroatoms. The van der Waals surface area contributed by atoms with Gasteiger partial charge < -0.3 is 4.90 Å². The molecular weight excluding hydrogens is 253 g/mol. The van der Waals surface area contributed by atoms with Crippen molar-refractivity contribution in [3.63, 3.8) is 0 Å². The van der Waals surface area contributed by atoms with Gasteiger partial charge in [-0.3, -0.25) is 14.9 Å². The number of hydrogen-bond acceptors (Lipinski definition) is 4. The zero-order valence-electron chi connectivity index (χ0n) is 10.5. The summed E-state index contributed by atoms with van der Waals surface area (Å²) in [5, 5.41) is 19.0. The summed E-state index contributed by atoms with van der Waals surface area (Å²) < 4.78 is 13.7. The van der Waals surface area contributed by atoms with E-state index in [2.05, 4.69) is 0 Å². The summed E-state index contributed by atoms with van der Waals surface area (Å²) in [6.45, 7) is 1.66. The molecule has 0 aliphatic rings. The van der Waals surface area contributed by atoms with Crippen LogP contribution in [0.5, 0.6) is 0 Å². The summed E-state index contributed by atoms with van der Waals surface area (Å²) in [5.41, 5.74) is -0.667. The molecule has 19 heavy (non-hydrogen) atoms. The van der Waals surface area contributed by atoms with Gasteiger partial charge in [0.1, 0.15) is 5.82 Å². The van der Waals surface area contributed by atoms with Crippen molar-refractivity contribution in [2.75, 3.05) is 7.05 Å². The van der Waals surface area contributed by atoms with Gasteiger partial charge in [-0.2, -0.15) is 5.26 Å². The zero-order valence-corrected chi connectivity index (χ0v) is 10.5. The number of hydrogen-bond donors (Lipinski definition) is 0. The molecule has 0 aliphatic heterocycles. The number of nitro groups is 1. The average Bonchev–Trinajstić information content (AvgIpc) is 2.37. The minimum absolute atomic E-state index is 0.122. The highest BCUT2D eigenvalue weighted by molar-refractivity contribution is 5.94. The Balaban J connectivity index is 3.01. The second-order valence-corrected chi connectivity index (χ2v) is 4.05. The van der Waals surface area contributed by atoms with E-state index < -0.39 is 22.3 Å². The van der Waals surface area contributed by atoms with Crippen molar-refractivity contribution in [1.29, 1.82) is 5.26 Å². The van der Waals surface area contributed by atoms with E-state index in [0.717, 1.165) is 12.1 Å². The molecule has 0 radical (unpaired) electrons. The van der Waals surface area contributed by atoms with Gasteiger partial charge in [0.25, 0.3) is 11.6 Å². The number of benzene rings is 1. The molecule has 100 valence electrons. The summed E-state index contributed by atoms with van der Waals surface area (Å²) in [6, 6.07) is 4.40. The Morgan fingerprint density at radius 1 is 1.63 bits per heavy atom. The fourth-order valence-electron chi connectivity index (χ4n) is 1.45. The molecule has 1 unspecified atom stereocenters. The van der Waals surface area contributed by atoms with E-state index >= 15 is 0 Å². The van der Waals surface area contributed by atoms with E-state index in [1.54, 1.807) is 6.92 Å². The molecule has 0 spiro atoms. The number of carbonyl (C=O) groups is 1. The maximum atomic E-state index is 13.7. The highest BCUT2D eigenvalue weighted by atomic mass is 19.1. The average molecular weight is 265 g/mol. The van der Waals surface area contributed by atoms with Crippen LogP contribution in [0, 0.1) is 27.3 Å². The van der Waals surface area contributed by atoms with Gasteiger partial charge in [-0.05, 0) is 13.0 Å². The van der Waals surface area contributed by atoms with Gasteiger partial charge in [-0.25, -0.2) is 4.39 Å². The number of rotatable bonds is 4. The minimum Gasteiger partial charge on any atom is -0.338 e. The molecule has 1 rings (SSSR count). The van der Waals surface area contributed by atoms with Crippen molar-refractivity contribution in [1.82, 2.24) is 4.90 Å². The van der Waals surface area contributed by atoms with E-state index in [4.69, 9.17) is 5.26 Å². The Bertz CT molecular complexity index is 554. The molecule has 0 aliphatic carbocycles. The maximum Gasteiger partial charge on any atom is 0.272 e. The number of carbonyl (C=O) groups excluding carboxylic acids is 1. The van der Waals surface area contributed by atoms with Crippen LogP contribution in [-0.4, -0.2) is 28.8 Å². The van der Waals surface area contributed by atoms with Crippen LogP contribution in [0.1, 0.15) is 23.7 Å². The van der Waals surface area contributed by atoms with Crippen LogP contribution in [0.4, 0.5) is 10.1 Å². The van der Waals surface area contributed by atoms with Crippen LogP contribution >= 0.6 is 0 Å². The maximum absolute atomic E-state index is 13.7. The number of nitriles is 1. The Labute approximate surface area is 109 Å². The molecule has 0 heterocycles. The lowest BCUT2D eigenvalue weighted by molar-refractivity contribution is -0.385. The third-order valence-electron chi connectivity index (χ3n) is 2.76. The van der Waals surface area contributed by atoms with Crippen LogP contribution in [0.3, 0.4) is 0 Å². The largest absolute Gasteiger partial charge is 0.338 e. The summed E-state index contributed by atoms with van der Waals surface area (Å²) in [6.07, 6.45) is 0.122. The molecule has 1 aromatic rings. The number of halogens is 1. The second kappa shape index (κ2) is 5.91. The number of non-ortho nitro benzene ring substituents is 1. The standard InChI is InChI=1S/C12H12FN3O3/c1-8(5-6-14)15(2)12(17)10-4-3-9(16(18)19)7-11(10)13/h3-4,7-8H,5H2,1-2H3. The Kier molecular flexibility index (Phi) is 4.53. The molecule has 6 nitrogen and oxygen atoms in total. The van der Waals surface area contributed by atoms with Crippen LogP contribution in [0.25, 0.3) is 0 Å². The Hall–Kier alpha value is -2.49. The van der Waals surface area contributed by atoms with Gasteiger partial charge in [0.15, 0.2) is 0 Å². The van der Waals surface area contributed by atoms with Crippen molar-refractivity contribution < 1.29 is 14.1 Å². The first-order valence-corrected chi connectivity index (χ1v) is 5.46. The fourth-order valence-corrected chi connectivity index (χ4v) is 1.45. The lowest BCUT2D eigenvalue weighted by atomic mass is 10.1. The molecular formula is C12H12FN3O3. The van der Waals surface area contributed by atoms with Crippen LogP contribution < -0.4 is 0 Å². The van der Waals surface area contributed by atoms with Gasteiger partial charge in [0.05, 0.1) is 29.0 Å². The second-order valence-electron chi connectivity index (χ2n) is 4.05. The zero-order chi connectivity index (χ0) is 14.6. The van der Waals surface area contributed by atoms with Gasteiger partial charge in [0, 0.05) is 19.2 Å². The van der Waals surface area contributed by atoms with E-state index in [0.29, 0.717) is 6.07 Å². The Morgan fingerprint density at radius 2 is 2.26 bits per heavy atom. The summed E-state index contributed by atoms with van der Waals surface area (Å²) in [7, 11) is 1.45. The quantitative estimate of drug-likeness (QED) is 0.616.